The van der Waals surface area contributed by atoms with Crippen molar-refractivity contribution in [1.82, 2.24) is 9.78 Å². The van der Waals surface area contributed by atoms with Crippen LogP contribution in [0.4, 0.5) is 11.5 Å². The summed E-state index contributed by atoms with van der Waals surface area (Å²) in [4.78, 5) is 32.3. The number of nitrogens with zero attached hydrogens (tertiary/aromatic N) is 3. The molecule has 2 rings (SSSR count). The smallest absolute Gasteiger partial charge is 0.389 e. The summed E-state index contributed by atoms with van der Waals surface area (Å²) >= 11 is 0. The van der Waals surface area contributed by atoms with Crippen LogP contribution in [0.1, 0.15) is 16.8 Å². The Labute approximate surface area is 124 Å². The van der Waals surface area contributed by atoms with Crippen molar-refractivity contribution in [2.24, 2.45) is 0 Å². The third-order valence-electron chi connectivity index (χ3n) is 2.80. The fraction of sp³-hybridized carbons (Fsp3) is 0.154. The molecule has 0 spiro atoms. The lowest BCUT2D eigenvalue weighted by Crippen LogP contribution is -2.15. The van der Waals surface area contributed by atoms with Gasteiger partial charge in [0.25, 0.3) is 0 Å². The van der Waals surface area contributed by atoms with Crippen molar-refractivity contribution in [3.63, 3.8) is 0 Å². The van der Waals surface area contributed by atoms with Gasteiger partial charge in [-0.05, 0) is 29.2 Å². The fourth-order valence-corrected chi connectivity index (χ4v) is 1.71. The van der Waals surface area contributed by atoms with Crippen LogP contribution in [0.25, 0.3) is 0 Å². The molecule has 1 aromatic carbocycles. The topological polar surface area (TPSA) is 127 Å². The molecule has 0 aliphatic carbocycles. The molecule has 0 fully saturated rings. The minimum absolute atomic E-state index is 0.0829. The van der Waals surface area contributed by atoms with Gasteiger partial charge in [0.1, 0.15) is 0 Å². The van der Waals surface area contributed by atoms with Crippen LogP contribution < -0.4 is 5.32 Å². The summed E-state index contributed by atoms with van der Waals surface area (Å²) in [5.74, 6) is -1.62. The van der Waals surface area contributed by atoms with Crippen LogP contribution in [0.15, 0.2) is 36.5 Å². The maximum absolute atomic E-state index is 11.7. The number of carboxylic acid groups (broad SMARTS) is 1. The fourth-order valence-electron chi connectivity index (χ4n) is 1.71. The lowest BCUT2D eigenvalue weighted by molar-refractivity contribution is -0.389. The van der Waals surface area contributed by atoms with Gasteiger partial charge < -0.3 is 20.5 Å². The van der Waals surface area contributed by atoms with E-state index < -0.39 is 10.9 Å². The number of aromatic nitrogens is 2. The normalized spacial score (nSPS) is 10.2. The van der Waals surface area contributed by atoms with Gasteiger partial charge >= 0.3 is 11.8 Å². The third kappa shape index (κ3) is 3.88. The van der Waals surface area contributed by atoms with Crippen LogP contribution in [-0.4, -0.2) is 31.7 Å². The molecule has 9 nitrogen and oxygen atoms in total. The van der Waals surface area contributed by atoms with Gasteiger partial charge in [-0.25, -0.2) is 4.79 Å². The summed E-state index contributed by atoms with van der Waals surface area (Å²) in [6, 6.07) is 6.99. The lowest BCUT2D eigenvalue weighted by atomic mass is 10.2. The number of amides is 1. The Morgan fingerprint density at radius 3 is 2.50 bits per heavy atom. The molecule has 0 aliphatic rings. The second-order valence-electron chi connectivity index (χ2n) is 4.37. The zero-order chi connectivity index (χ0) is 16.1. The van der Waals surface area contributed by atoms with Crippen molar-refractivity contribution < 1.29 is 19.6 Å². The molecule has 1 heterocycles. The maximum Gasteiger partial charge on any atom is 0.389 e. The molecule has 0 radical (unpaired) electrons. The highest BCUT2D eigenvalue weighted by Crippen LogP contribution is 2.10. The lowest BCUT2D eigenvalue weighted by Gasteiger charge is -2.04. The van der Waals surface area contributed by atoms with Crippen molar-refractivity contribution in [1.29, 1.82) is 0 Å². The number of hydrogen-bond acceptors (Lipinski definition) is 5. The summed E-state index contributed by atoms with van der Waals surface area (Å²) in [5.41, 5.74) is 0.600. The molecule has 0 atom stereocenters. The van der Waals surface area contributed by atoms with Crippen LogP contribution >= 0.6 is 0 Å². The Morgan fingerprint density at radius 1 is 1.27 bits per heavy atom. The number of hydrogen-bond donors (Lipinski definition) is 2. The number of carbonyl (C=O) groups excluding carboxylic acids is 1. The molecular weight excluding hydrogens is 292 g/mol. The largest absolute Gasteiger partial charge is 0.478 e. The van der Waals surface area contributed by atoms with Crippen molar-refractivity contribution >= 4 is 23.4 Å². The number of rotatable bonds is 6. The summed E-state index contributed by atoms with van der Waals surface area (Å²) in [5, 5.41) is 25.5. The van der Waals surface area contributed by atoms with Crippen LogP contribution in [0.2, 0.25) is 0 Å². The SMILES string of the molecule is O=C(CCn1ccc([N+](=O)[O-])n1)Nc1ccc(C(=O)O)cc1. The van der Waals surface area contributed by atoms with Crippen LogP contribution in [-0.2, 0) is 11.3 Å². The molecule has 0 aliphatic heterocycles. The van der Waals surface area contributed by atoms with E-state index in [1.165, 1.54) is 41.2 Å². The standard InChI is InChI=1S/C13H12N4O5/c18-12(6-8-16-7-5-11(15-16)17(21)22)14-10-3-1-9(2-4-10)13(19)20/h1-5,7H,6,8H2,(H,14,18)(H,19,20). The minimum atomic E-state index is -1.04. The van der Waals surface area contributed by atoms with Crippen LogP contribution in [0.3, 0.4) is 0 Å². The van der Waals surface area contributed by atoms with E-state index in [9.17, 15) is 19.7 Å². The molecular formula is C13H12N4O5. The minimum Gasteiger partial charge on any atom is -0.478 e. The summed E-state index contributed by atoms with van der Waals surface area (Å²) in [6.45, 7) is 0.201. The second kappa shape index (κ2) is 6.48. The Morgan fingerprint density at radius 2 is 1.95 bits per heavy atom. The zero-order valence-electron chi connectivity index (χ0n) is 11.3. The monoisotopic (exact) mass is 304 g/mol. The Balaban J connectivity index is 1.87. The quantitative estimate of drug-likeness (QED) is 0.615. The van der Waals surface area contributed by atoms with E-state index in [-0.39, 0.29) is 30.3 Å². The van der Waals surface area contributed by atoms with E-state index in [0.717, 1.165) is 0 Å². The number of aromatic carboxylic acids is 1. The summed E-state index contributed by atoms with van der Waals surface area (Å²) in [6.07, 6.45) is 1.51. The van der Waals surface area contributed by atoms with Gasteiger partial charge in [0, 0.05) is 12.1 Å². The second-order valence-corrected chi connectivity index (χ2v) is 4.37. The molecule has 1 amide bonds. The van der Waals surface area contributed by atoms with Gasteiger partial charge in [0.2, 0.25) is 5.91 Å². The van der Waals surface area contributed by atoms with Crippen molar-refractivity contribution in [2.75, 3.05) is 5.32 Å². The maximum atomic E-state index is 11.7. The predicted molar refractivity (Wildman–Crippen MR) is 75.5 cm³/mol. The van der Waals surface area contributed by atoms with Crippen molar-refractivity contribution in [3.05, 3.63) is 52.2 Å². The summed E-state index contributed by atoms with van der Waals surface area (Å²) in [7, 11) is 0. The van der Waals surface area contributed by atoms with Crippen LogP contribution in [0.5, 0.6) is 0 Å². The van der Waals surface area contributed by atoms with E-state index >= 15 is 0 Å². The number of carboxylic acids is 1. The molecule has 9 heteroatoms. The van der Waals surface area contributed by atoms with E-state index in [1.807, 2.05) is 0 Å². The first-order chi connectivity index (χ1) is 10.5. The highest BCUT2D eigenvalue weighted by atomic mass is 16.6. The molecule has 2 N–H and O–H groups in total. The van der Waals surface area contributed by atoms with Crippen molar-refractivity contribution in [2.45, 2.75) is 13.0 Å². The van der Waals surface area contributed by atoms with E-state index in [2.05, 4.69) is 10.4 Å². The number of nitro groups is 1. The number of anilines is 1. The molecule has 0 bridgehead atoms. The third-order valence-corrected chi connectivity index (χ3v) is 2.80. The highest BCUT2D eigenvalue weighted by molar-refractivity contribution is 5.92. The molecule has 2 aromatic rings. The van der Waals surface area contributed by atoms with E-state index in [1.54, 1.807) is 0 Å². The number of benzene rings is 1. The van der Waals surface area contributed by atoms with Gasteiger partial charge in [-0.2, -0.15) is 4.68 Å². The van der Waals surface area contributed by atoms with Gasteiger partial charge in [-0.3, -0.25) is 4.79 Å². The Kier molecular flexibility index (Phi) is 4.47. The first-order valence-corrected chi connectivity index (χ1v) is 6.27. The molecule has 22 heavy (non-hydrogen) atoms. The zero-order valence-corrected chi connectivity index (χ0v) is 11.3. The first-order valence-electron chi connectivity index (χ1n) is 6.27. The Bertz CT molecular complexity index is 707. The molecule has 114 valence electrons. The summed E-state index contributed by atoms with van der Waals surface area (Å²) < 4.78 is 1.31. The van der Waals surface area contributed by atoms with Gasteiger partial charge in [0.05, 0.1) is 29.5 Å². The molecule has 0 saturated heterocycles. The van der Waals surface area contributed by atoms with Gasteiger partial charge in [0.15, 0.2) is 0 Å². The Hall–Kier alpha value is -3.23. The van der Waals surface area contributed by atoms with E-state index in [4.69, 9.17) is 5.11 Å². The number of nitrogens with one attached hydrogen (secondary N) is 1. The first kappa shape index (κ1) is 15.2. The molecule has 0 unspecified atom stereocenters. The molecule has 0 saturated carbocycles. The highest BCUT2D eigenvalue weighted by Gasteiger charge is 2.12. The average Bonchev–Trinajstić information content (AvgIpc) is 2.95. The predicted octanol–water partition coefficient (Wildman–Crippen LogP) is 1.52. The molecule has 1 aromatic heterocycles. The van der Waals surface area contributed by atoms with Crippen molar-refractivity contribution in [3.8, 4) is 0 Å². The van der Waals surface area contributed by atoms with E-state index in [0.29, 0.717) is 5.69 Å². The van der Waals surface area contributed by atoms with Crippen LogP contribution in [0, 0.1) is 10.1 Å². The average molecular weight is 304 g/mol. The van der Waals surface area contributed by atoms with Gasteiger partial charge in [-0.15, -0.1) is 0 Å². The van der Waals surface area contributed by atoms with Gasteiger partial charge in [-0.1, -0.05) is 0 Å². The number of carbonyl (C=O) groups is 2. The number of aryl methyl sites for hydroxylation is 1.